The first kappa shape index (κ1) is 23.2. The van der Waals surface area contributed by atoms with E-state index in [9.17, 15) is 14.4 Å². The van der Waals surface area contributed by atoms with Gasteiger partial charge in [-0.15, -0.1) is 0 Å². The van der Waals surface area contributed by atoms with Crippen LogP contribution in [-0.2, 0) is 16.0 Å². The van der Waals surface area contributed by atoms with Gasteiger partial charge in [0.1, 0.15) is 0 Å². The standard InChI is InChI=1S/C25H32N4O4/c1-17-3-5-19(6-4-17)23(31)20-9-11-28(12-10-20)22(30)8-7-21-18(2)26-25(27-24(21)32)29-13-15-33-16-14-29/h3-6,20H,7-16H2,1-2H3,(H,26,27,32). The molecule has 3 heterocycles. The molecule has 4 rings (SSSR count). The summed E-state index contributed by atoms with van der Waals surface area (Å²) in [5, 5.41) is 0. The van der Waals surface area contributed by atoms with Crippen molar-refractivity contribution < 1.29 is 14.3 Å². The van der Waals surface area contributed by atoms with Crippen molar-refractivity contribution in [2.75, 3.05) is 44.3 Å². The number of hydrogen-bond donors (Lipinski definition) is 1. The van der Waals surface area contributed by atoms with E-state index < -0.39 is 0 Å². The molecule has 1 amide bonds. The number of morpholine rings is 1. The Morgan fingerprint density at radius 1 is 1.06 bits per heavy atom. The Bertz CT molecular complexity index is 1050. The van der Waals surface area contributed by atoms with Crippen LogP contribution in [0, 0.1) is 19.8 Å². The lowest BCUT2D eigenvalue weighted by molar-refractivity contribution is -0.132. The van der Waals surface area contributed by atoms with Crippen molar-refractivity contribution in [1.29, 1.82) is 0 Å². The maximum Gasteiger partial charge on any atom is 0.255 e. The van der Waals surface area contributed by atoms with Gasteiger partial charge < -0.3 is 14.5 Å². The van der Waals surface area contributed by atoms with E-state index in [2.05, 4.69) is 9.97 Å². The number of Topliss-reactive ketones (excluding diaryl/α,β-unsaturated/α-hetero) is 1. The van der Waals surface area contributed by atoms with E-state index in [1.54, 1.807) is 0 Å². The van der Waals surface area contributed by atoms with Crippen LogP contribution in [0.25, 0.3) is 0 Å². The van der Waals surface area contributed by atoms with E-state index in [4.69, 9.17) is 4.74 Å². The third-order valence-electron chi connectivity index (χ3n) is 6.66. The number of rotatable bonds is 6. The molecular weight excluding hydrogens is 420 g/mol. The number of ether oxygens (including phenoxy) is 1. The molecule has 0 spiro atoms. The molecule has 176 valence electrons. The highest BCUT2D eigenvalue weighted by atomic mass is 16.5. The van der Waals surface area contributed by atoms with Crippen LogP contribution in [0.2, 0.25) is 0 Å². The fraction of sp³-hybridized carbons (Fsp3) is 0.520. The number of ketones is 1. The number of nitrogens with zero attached hydrogens (tertiary/aromatic N) is 3. The van der Waals surface area contributed by atoms with E-state index in [0.717, 1.165) is 11.1 Å². The minimum absolute atomic E-state index is 0.0206. The molecule has 0 aliphatic carbocycles. The van der Waals surface area contributed by atoms with Crippen LogP contribution in [0.5, 0.6) is 0 Å². The normalized spacial score (nSPS) is 17.3. The minimum Gasteiger partial charge on any atom is -0.378 e. The van der Waals surface area contributed by atoms with E-state index in [-0.39, 0.29) is 29.6 Å². The molecule has 0 saturated carbocycles. The SMILES string of the molecule is Cc1ccc(C(=O)C2CCN(C(=O)CCc3c(C)nc(N4CCOCC4)[nH]c3=O)CC2)cc1. The first-order chi connectivity index (χ1) is 15.9. The first-order valence-electron chi connectivity index (χ1n) is 11.7. The second-order valence-electron chi connectivity index (χ2n) is 8.94. The van der Waals surface area contributed by atoms with E-state index in [1.807, 2.05) is 47.9 Å². The van der Waals surface area contributed by atoms with Crippen molar-refractivity contribution in [1.82, 2.24) is 14.9 Å². The number of anilines is 1. The highest BCUT2D eigenvalue weighted by molar-refractivity contribution is 5.98. The van der Waals surface area contributed by atoms with Gasteiger partial charge in [-0.05, 0) is 33.1 Å². The summed E-state index contributed by atoms with van der Waals surface area (Å²) < 4.78 is 5.35. The van der Waals surface area contributed by atoms with E-state index >= 15 is 0 Å². The van der Waals surface area contributed by atoms with Crippen LogP contribution >= 0.6 is 0 Å². The Morgan fingerprint density at radius 3 is 2.36 bits per heavy atom. The molecule has 1 aromatic heterocycles. The largest absolute Gasteiger partial charge is 0.378 e. The Hall–Kier alpha value is -3.00. The van der Waals surface area contributed by atoms with Crippen molar-refractivity contribution in [3.63, 3.8) is 0 Å². The third-order valence-corrected chi connectivity index (χ3v) is 6.66. The molecule has 2 aromatic rings. The molecule has 1 aromatic carbocycles. The van der Waals surface area contributed by atoms with Crippen molar-refractivity contribution >= 4 is 17.6 Å². The molecule has 0 bridgehead atoms. The number of carbonyl (C=O) groups is 2. The lowest BCUT2D eigenvalue weighted by atomic mass is 9.88. The van der Waals surface area contributed by atoms with Gasteiger partial charge in [-0.3, -0.25) is 19.4 Å². The summed E-state index contributed by atoms with van der Waals surface area (Å²) in [6, 6.07) is 7.68. The van der Waals surface area contributed by atoms with Crippen molar-refractivity contribution in [2.45, 2.75) is 39.5 Å². The Morgan fingerprint density at radius 2 is 1.73 bits per heavy atom. The average Bonchev–Trinajstić information content (AvgIpc) is 2.84. The molecular formula is C25H32N4O4. The number of carbonyl (C=O) groups excluding carboxylic acids is 2. The molecule has 2 fully saturated rings. The summed E-state index contributed by atoms with van der Waals surface area (Å²) in [4.78, 5) is 49.4. The number of amides is 1. The number of benzene rings is 1. The highest BCUT2D eigenvalue weighted by Crippen LogP contribution is 2.23. The average molecular weight is 453 g/mol. The molecule has 1 N–H and O–H groups in total. The number of H-pyrrole nitrogens is 1. The lowest BCUT2D eigenvalue weighted by Crippen LogP contribution is -2.40. The van der Waals surface area contributed by atoms with Crippen LogP contribution in [0.1, 0.15) is 46.4 Å². The molecule has 2 aliphatic heterocycles. The van der Waals surface area contributed by atoms with Gasteiger partial charge in [0, 0.05) is 55.3 Å². The van der Waals surface area contributed by atoms with Crippen molar-refractivity contribution in [3.8, 4) is 0 Å². The monoisotopic (exact) mass is 452 g/mol. The highest BCUT2D eigenvalue weighted by Gasteiger charge is 2.28. The summed E-state index contributed by atoms with van der Waals surface area (Å²) in [7, 11) is 0. The van der Waals surface area contributed by atoms with E-state index in [1.165, 1.54) is 0 Å². The predicted octanol–water partition coefficient (Wildman–Crippen LogP) is 2.28. The Labute approximate surface area is 194 Å². The molecule has 2 saturated heterocycles. The molecule has 0 unspecified atom stereocenters. The van der Waals surface area contributed by atoms with Gasteiger partial charge in [-0.2, -0.15) is 0 Å². The van der Waals surface area contributed by atoms with Gasteiger partial charge in [-0.1, -0.05) is 29.8 Å². The zero-order valence-corrected chi connectivity index (χ0v) is 19.4. The topological polar surface area (TPSA) is 95.6 Å². The maximum absolute atomic E-state index is 12.8. The fourth-order valence-corrected chi connectivity index (χ4v) is 4.55. The van der Waals surface area contributed by atoms with Gasteiger partial charge in [0.15, 0.2) is 5.78 Å². The molecule has 8 nitrogen and oxygen atoms in total. The Kier molecular flexibility index (Phi) is 7.23. The van der Waals surface area contributed by atoms with Crippen LogP contribution in [0.4, 0.5) is 5.95 Å². The summed E-state index contributed by atoms with van der Waals surface area (Å²) in [5.74, 6) is 0.706. The summed E-state index contributed by atoms with van der Waals surface area (Å²) in [5.41, 5.74) is 2.92. The number of aryl methyl sites for hydroxylation is 2. The number of aromatic nitrogens is 2. The zero-order valence-electron chi connectivity index (χ0n) is 19.4. The number of piperidine rings is 1. The molecule has 0 radical (unpaired) electrons. The second kappa shape index (κ2) is 10.3. The van der Waals surface area contributed by atoms with Gasteiger partial charge in [0.05, 0.1) is 13.2 Å². The minimum atomic E-state index is -0.181. The summed E-state index contributed by atoms with van der Waals surface area (Å²) in [6.07, 6.45) is 1.97. The summed E-state index contributed by atoms with van der Waals surface area (Å²) in [6.45, 7) is 7.60. The zero-order chi connectivity index (χ0) is 23.4. The summed E-state index contributed by atoms with van der Waals surface area (Å²) >= 11 is 0. The first-order valence-corrected chi connectivity index (χ1v) is 11.7. The maximum atomic E-state index is 12.8. The lowest BCUT2D eigenvalue weighted by Gasteiger charge is -2.31. The van der Waals surface area contributed by atoms with Crippen molar-refractivity contribution in [3.05, 3.63) is 57.0 Å². The van der Waals surface area contributed by atoms with Crippen LogP contribution in [0.15, 0.2) is 29.1 Å². The van der Waals surface area contributed by atoms with Gasteiger partial charge >= 0.3 is 0 Å². The predicted molar refractivity (Wildman–Crippen MR) is 126 cm³/mol. The van der Waals surface area contributed by atoms with Gasteiger partial charge in [-0.25, -0.2) is 4.98 Å². The van der Waals surface area contributed by atoms with Crippen LogP contribution in [0.3, 0.4) is 0 Å². The number of likely N-dealkylation sites (tertiary alicyclic amines) is 1. The molecule has 0 atom stereocenters. The van der Waals surface area contributed by atoms with E-state index in [0.29, 0.717) is 75.9 Å². The smallest absolute Gasteiger partial charge is 0.255 e. The second-order valence-corrected chi connectivity index (χ2v) is 8.94. The van der Waals surface area contributed by atoms with Crippen molar-refractivity contribution in [2.24, 2.45) is 5.92 Å². The fourth-order valence-electron chi connectivity index (χ4n) is 4.55. The third kappa shape index (κ3) is 5.50. The molecule has 33 heavy (non-hydrogen) atoms. The number of hydrogen-bond acceptors (Lipinski definition) is 6. The number of aromatic amines is 1. The van der Waals surface area contributed by atoms with Gasteiger partial charge in [0.25, 0.3) is 5.56 Å². The molecule has 2 aliphatic rings. The van der Waals surface area contributed by atoms with Crippen LogP contribution in [-0.4, -0.2) is 66.0 Å². The molecule has 8 heteroatoms. The quantitative estimate of drug-likeness (QED) is 0.676. The Balaban J connectivity index is 1.30. The van der Waals surface area contributed by atoms with Crippen LogP contribution < -0.4 is 10.5 Å². The number of nitrogens with one attached hydrogen (secondary N) is 1. The van der Waals surface area contributed by atoms with Gasteiger partial charge in [0.2, 0.25) is 11.9 Å².